The van der Waals surface area contributed by atoms with E-state index in [4.69, 9.17) is 21.4 Å². The zero-order valence-corrected chi connectivity index (χ0v) is 12.0. The molecule has 102 valence electrons. The molecule has 2 nitrogen and oxygen atoms in total. The summed E-state index contributed by atoms with van der Waals surface area (Å²) >= 11 is 6.35. The molecular formula is C14H27ClO2. The average molecular weight is 263 g/mol. The van der Waals surface area contributed by atoms with Crippen molar-refractivity contribution in [2.75, 3.05) is 6.61 Å². The number of hydrogen-bond donors (Lipinski definition) is 1. The second kappa shape index (κ2) is 8.34. The van der Waals surface area contributed by atoms with Gasteiger partial charge in [0.25, 0.3) is 0 Å². The summed E-state index contributed by atoms with van der Waals surface area (Å²) in [5.41, 5.74) is 0. The molecule has 1 aliphatic rings. The molecule has 0 aromatic rings. The minimum atomic E-state index is 0.272. The number of hydrogen-bond acceptors (Lipinski definition) is 2. The van der Waals surface area contributed by atoms with Crippen molar-refractivity contribution in [3.05, 3.63) is 0 Å². The Morgan fingerprint density at radius 3 is 2.53 bits per heavy atom. The monoisotopic (exact) mass is 262 g/mol. The standard InChI is InChI=1S/C14H27ClO2/c1-3-11(4-2)14-10-12(15)9-13(17-14)7-5-6-8-16/h11-14,16H,3-10H2,1-2H3/t12-,13+,14+/m0/s1. The predicted octanol–water partition coefficient (Wildman–Crippen LogP) is 3.74. The third-order valence-electron chi connectivity index (χ3n) is 3.88. The SMILES string of the molecule is CCC(CC)[C@H]1C[C@@H](Cl)C[C@@H](CCCCO)O1. The van der Waals surface area contributed by atoms with Crippen LogP contribution in [0.5, 0.6) is 0 Å². The maximum atomic E-state index is 8.80. The summed E-state index contributed by atoms with van der Waals surface area (Å²) in [5.74, 6) is 0.650. The summed E-state index contributed by atoms with van der Waals surface area (Å²) in [7, 11) is 0. The van der Waals surface area contributed by atoms with Crippen molar-refractivity contribution in [3.8, 4) is 0 Å². The van der Waals surface area contributed by atoms with Gasteiger partial charge in [0.2, 0.25) is 0 Å². The van der Waals surface area contributed by atoms with Gasteiger partial charge in [0.1, 0.15) is 0 Å². The van der Waals surface area contributed by atoms with Crippen molar-refractivity contribution in [1.82, 2.24) is 0 Å². The lowest BCUT2D eigenvalue weighted by atomic mass is 9.89. The second-order valence-corrected chi connectivity index (χ2v) is 5.78. The number of unbranched alkanes of at least 4 members (excludes halogenated alkanes) is 1. The molecule has 0 radical (unpaired) electrons. The van der Waals surface area contributed by atoms with Gasteiger partial charge in [-0.1, -0.05) is 26.7 Å². The number of aliphatic hydroxyl groups excluding tert-OH is 1. The number of alkyl halides is 1. The molecule has 0 amide bonds. The third-order valence-corrected chi connectivity index (χ3v) is 4.24. The molecule has 0 aromatic heterocycles. The highest BCUT2D eigenvalue weighted by Crippen LogP contribution is 2.32. The van der Waals surface area contributed by atoms with Crippen molar-refractivity contribution in [2.45, 2.75) is 76.4 Å². The Hall–Kier alpha value is 0.210. The Kier molecular flexibility index (Phi) is 7.49. The minimum Gasteiger partial charge on any atom is -0.396 e. The van der Waals surface area contributed by atoms with Crippen LogP contribution in [0.3, 0.4) is 0 Å². The fourth-order valence-electron chi connectivity index (χ4n) is 2.78. The molecule has 17 heavy (non-hydrogen) atoms. The molecule has 3 atom stereocenters. The first-order valence-electron chi connectivity index (χ1n) is 7.11. The quantitative estimate of drug-likeness (QED) is 0.559. The summed E-state index contributed by atoms with van der Waals surface area (Å²) < 4.78 is 6.18. The van der Waals surface area contributed by atoms with E-state index < -0.39 is 0 Å². The summed E-state index contributed by atoms with van der Waals surface area (Å²) in [5, 5.41) is 9.07. The molecule has 0 aromatic carbocycles. The Labute approximate surface area is 111 Å². The number of rotatable bonds is 7. The van der Waals surface area contributed by atoms with Crippen LogP contribution in [0.1, 0.15) is 58.8 Å². The molecule has 1 fully saturated rings. The van der Waals surface area contributed by atoms with Crippen LogP contribution in [0.4, 0.5) is 0 Å². The molecule has 1 saturated heterocycles. The fourth-order valence-corrected chi connectivity index (χ4v) is 3.15. The fraction of sp³-hybridized carbons (Fsp3) is 1.00. The van der Waals surface area contributed by atoms with E-state index in [1.807, 2.05) is 0 Å². The molecule has 1 aliphatic heterocycles. The molecule has 3 heteroatoms. The summed E-state index contributed by atoms with van der Waals surface area (Å²) in [6.45, 7) is 4.75. The highest BCUT2D eigenvalue weighted by Gasteiger charge is 2.31. The Morgan fingerprint density at radius 2 is 1.94 bits per heavy atom. The van der Waals surface area contributed by atoms with Crippen molar-refractivity contribution < 1.29 is 9.84 Å². The van der Waals surface area contributed by atoms with Gasteiger partial charge in [0.15, 0.2) is 0 Å². The highest BCUT2D eigenvalue weighted by molar-refractivity contribution is 6.20. The first kappa shape index (κ1) is 15.3. The van der Waals surface area contributed by atoms with Crippen LogP contribution in [0.25, 0.3) is 0 Å². The van der Waals surface area contributed by atoms with Gasteiger partial charge in [-0.3, -0.25) is 0 Å². The maximum absolute atomic E-state index is 8.80. The van der Waals surface area contributed by atoms with Crippen molar-refractivity contribution >= 4 is 11.6 Å². The van der Waals surface area contributed by atoms with Crippen LogP contribution in [0.15, 0.2) is 0 Å². The Balaban J connectivity index is 2.41. The second-order valence-electron chi connectivity index (χ2n) is 5.16. The topological polar surface area (TPSA) is 29.5 Å². The first-order chi connectivity index (χ1) is 8.21. The van der Waals surface area contributed by atoms with Gasteiger partial charge in [-0.25, -0.2) is 0 Å². The van der Waals surface area contributed by atoms with Gasteiger partial charge in [-0.2, -0.15) is 0 Å². The lowest BCUT2D eigenvalue weighted by molar-refractivity contribution is -0.0806. The molecule has 0 saturated carbocycles. The highest BCUT2D eigenvalue weighted by atomic mass is 35.5. The van der Waals surface area contributed by atoms with Crippen molar-refractivity contribution in [1.29, 1.82) is 0 Å². The number of ether oxygens (including phenoxy) is 1. The Bertz CT molecular complexity index is 195. The zero-order chi connectivity index (χ0) is 12.7. The summed E-state index contributed by atoms with van der Waals surface area (Å²) in [4.78, 5) is 0. The van der Waals surface area contributed by atoms with Gasteiger partial charge in [0, 0.05) is 12.0 Å². The summed E-state index contributed by atoms with van der Waals surface area (Å²) in [6, 6.07) is 0. The maximum Gasteiger partial charge on any atom is 0.0620 e. The lowest BCUT2D eigenvalue weighted by Crippen LogP contribution is -2.37. The van der Waals surface area contributed by atoms with Crippen LogP contribution in [0, 0.1) is 5.92 Å². The molecule has 0 aliphatic carbocycles. The van der Waals surface area contributed by atoms with Gasteiger partial charge in [-0.05, 0) is 38.0 Å². The lowest BCUT2D eigenvalue weighted by Gasteiger charge is -2.37. The van der Waals surface area contributed by atoms with Gasteiger partial charge < -0.3 is 9.84 Å². The molecule has 1 N–H and O–H groups in total. The molecule has 0 bridgehead atoms. The molecular weight excluding hydrogens is 236 g/mol. The van der Waals surface area contributed by atoms with E-state index in [1.54, 1.807) is 0 Å². The molecule has 1 heterocycles. The average Bonchev–Trinajstić information content (AvgIpc) is 2.30. The van der Waals surface area contributed by atoms with Gasteiger partial charge >= 0.3 is 0 Å². The summed E-state index contributed by atoms with van der Waals surface area (Å²) in [6.07, 6.45) is 7.95. The van der Waals surface area contributed by atoms with E-state index in [2.05, 4.69) is 13.8 Å². The van der Waals surface area contributed by atoms with Crippen LogP contribution in [0.2, 0.25) is 0 Å². The first-order valence-corrected chi connectivity index (χ1v) is 7.55. The predicted molar refractivity (Wildman–Crippen MR) is 72.5 cm³/mol. The van der Waals surface area contributed by atoms with Crippen molar-refractivity contribution in [2.24, 2.45) is 5.92 Å². The molecule has 1 rings (SSSR count). The van der Waals surface area contributed by atoms with E-state index in [1.165, 1.54) is 12.8 Å². The van der Waals surface area contributed by atoms with Crippen LogP contribution in [-0.2, 0) is 4.74 Å². The number of halogens is 1. The normalized spacial score (nSPS) is 29.8. The van der Waals surface area contributed by atoms with E-state index in [0.29, 0.717) is 18.1 Å². The van der Waals surface area contributed by atoms with Gasteiger partial charge in [0.05, 0.1) is 12.2 Å². The Morgan fingerprint density at radius 1 is 1.24 bits per heavy atom. The smallest absolute Gasteiger partial charge is 0.0620 e. The molecule has 0 unspecified atom stereocenters. The third kappa shape index (κ3) is 5.15. The van der Waals surface area contributed by atoms with E-state index >= 15 is 0 Å². The van der Waals surface area contributed by atoms with E-state index in [-0.39, 0.29) is 12.0 Å². The molecule has 0 spiro atoms. The van der Waals surface area contributed by atoms with Crippen LogP contribution in [-0.4, -0.2) is 29.3 Å². The van der Waals surface area contributed by atoms with E-state index in [0.717, 1.165) is 32.1 Å². The van der Waals surface area contributed by atoms with Crippen LogP contribution < -0.4 is 0 Å². The van der Waals surface area contributed by atoms with Gasteiger partial charge in [-0.15, -0.1) is 11.6 Å². The number of aliphatic hydroxyl groups is 1. The largest absolute Gasteiger partial charge is 0.396 e. The minimum absolute atomic E-state index is 0.272. The van der Waals surface area contributed by atoms with Crippen LogP contribution >= 0.6 is 11.6 Å². The zero-order valence-electron chi connectivity index (χ0n) is 11.2. The van der Waals surface area contributed by atoms with E-state index in [9.17, 15) is 0 Å². The van der Waals surface area contributed by atoms with Crippen molar-refractivity contribution in [3.63, 3.8) is 0 Å².